The van der Waals surface area contributed by atoms with Crippen LogP contribution in [0.2, 0.25) is 0 Å². The topological polar surface area (TPSA) is 66.5 Å². The van der Waals surface area contributed by atoms with Gasteiger partial charge in [0.25, 0.3) is 0 Å². The zero-order valence-electron chi connectivity index (χ0n) is 15.7. The monoisotopic (exact) mass is 421 g/mol. The van der Waals surface area contributed by atoms with Gasteiger partial charge in [-0.2, -0.15) is 0 Å². The van der Waals surface area contributed by atoms with Crippen LogP contribution >= 0.6 is 0 Å². The third-order valence-corrected chi connectivity index (χ3v) is 5.19. The lowest BCUT2D eigenvalue weighted by Gasteiger charge is -2.31. The molecule has 0 radical (unpaired) electrons. The molecule has 0 unspecified atom stereocenters. The molecule has 0 saturated heterocycles. The zero-order chi connectivity index (χ0) is 19.1. The van der Waals surface area contributed by atoms with Gasteiger partial charge in [-0.05, 0) is 0 Å². The van der Waals surface area contributed by atoms with Gasteiger partial charge in [0.2, 0.25) is 5.36 Å². The van der Waals surface area contributed by atoms with E-state index in [4.69, 9.17) is 19.2 Å². The average molecular weight is 422 g/mol. The summed E-state index contributed by atoms with van der Waals surface area (Å²) in [6.07, 6.45) is 0. The van der Waals surface area contributed by atoms with Gasteiger partial charge in [-0.3, -0.25) is 0 Å². The summed E-state index contributed by atoms with van der Waals surface area (Å²) >= 11 is 0. The number of halogens is 2. The summed E-state index contributed by atoms with van der Waals surface area (Å²) in [6, 6.07) is 7.48. The van der Waals surface area contributed by atoms with Crippen LogP contribution in [0.3, 0.4) is 0 Å². The zero-order valence-corrected chi connectivity index (χ0v) is 16.5. The number of hydrogen-bond acceptors (Lipinski definition) is 6. The van der Waals surface area contributed by atoms with E-state index in [2.05, 4.69) is 4.58 Å². The number of anilines is 1. The van der Waals surface area contributed by atoms with Crippen molar-refractivity contribution < 1.29 is 36.1 Å². The van der Waals surface area contributed by atoms with E-state index in [0.29, 0.717) is 67.7 Å². The molecule has 0 bridgehead atoms. The first-order valence-electron chi connectivity index (χ1n) is 9.45. The minimum atomic E-state index is -0.419. The number of alkyl halides is 1. The second-order valence-electron chi connectivity index (χ2n) is 6.87. The van der Waals surface area contributed by atoms with Crippen molar-refractivity contribution in [2.24, 2.45) is 4.99 Å². The quantitative estimate of drug-likeness (QED) is 0.484. The molecule has 0 fully saturated rings. The summed E-state index contributed by atoms with van der Waals surface area (Å²) in [7, 11) is 0. The second kappa shape index (κ2) is 8.04. The number of aliphatic hydroxyl groups excluding tert-OH is 1. The summed E-state index contributed by atoms with van der Waals surface area (Å²) in [5.41, 5.74) is 1.50. The minimum Gasteiger partial charge on any atom is -1.00 e. The van der Waals surface area contributed by atoms with Crippen LogP contribution < -0.4 is 46.8 Å². The fourth-order valence-corrected chi connectivity index (χ4v) is 3.85. The van der Waals surface area contributed by atoms with Crippen molar-refractivity contribution in [2.75, 3.05) is 57.6 Å². The smallest absolute Gasteiger partial charge is 0.246 e. The molecular formula is C20H21ClFN3O4. The van der Waals surface area contributed by atoms with Gasteiger partial charge in [0, 0.05) is 24.7 Å². The molecule has 0 saturated carbocycles. The lowest BCUT2D eigenvalue weighted by atomic mass is 10.1. The maximum atomic E-state index is 12.9. The Kier molecular flexibility index (Phi) is 5.47. The van der Waals surface area contributed by atoms with Crippen molar-refractivity contribution >= 4 is 11.4 Å². The number of nitrogens with zero attached hydrogens (tertiary/aromatic N) is 3. The van der Waals surface area contributed by atoms with Crippen molar-refractivity contribution in [1.82, 2.24) is 4.58 Å². The van der Waals surface area contributed by atoms with Gasteiger partial charge in [-0.15, -0.1) is 0 Å². The van der Waals surface area contributed by atoms with Crippen LogP contribution in [-0.2, 0) is 0 Å². The third kappa shape index (κ3) is 3.47. The minimum absolute atomic E-state index is 0. The molecule has 0 spiro atoms. The Bertz CT molecular complexity index is 1060. The van der Waals surface area contributed by atoms with Gasteiger partial charge < -0.3 is 36.6 Å². The molecular weight excluding hydrogens is 401 g/mol. The van der Waals surface area contributed by atoms with E-state index in [1.54, 1.807) is 0 Å². The van der Waals surface area contributed by atoms with Gasteiger partial charge >= 0.3 is 0 Å². The van der Waals surface area contributed by atoms with E-state index in [1.165, 1.54) is 0 Å². The number of rotatable bonds is 4. The number of benzene rings is 2. The molecule has 2 aromatic carbocycles. The number of hydrogen-bond donors (Lipinski definition) is 1. The molecule has 3 aliphatic rings. The van der Waals surface area contributed by atoms with Crippen molar-refractivity contribution in [3.8, 4) is 23.0 Å². The Morgan fingerprint density at radius 2 is 1.93 bits per heavy atom. The average Bonchev–Trinajstić information content (AvgIpc) is 2.70. The number of fused-ring (bicyclic) bond motifs is 4. The number of ether oxygens (including phenoxy) is 3. The van der Waals surface area contributed by atoms with Crippen LogP contribution in [0.5, 0.6) is 23.0 Å². The van der Waals surface area contributed by atoms with E-state index in [9.17, 15) is 9.50 Å². The van der Waals surface area contributed by atoms with Crippen LogP contribution in [0.25, 0.3) is 0 Å². The maximum Gasteiger partial charge on any atom is 0.246 e. The fraction of sp³-hybridized carbons (Fsp3) is 0.400. The normalized spacial score (nSPS) is 15.9. The van der Waals surface area contributed by atoms with Crippen LogP contribution in [0.15, 0.2) is 29.3 Å². The SMILES string of the molecule is OCC[N+]1=c2cc3c(cc2OCC1)=Nc1cc2c(cc1O3)N(CCF)CCO2.[Cl-]. The first kappa shape index (κ1) is 19.7. The molecule has 3 aliphatic heterocycles. The van der Waals surface area contributed by atoms with Crippen LogP contribution in [0.1, 0.15) is 0 Å². The highest BCUT2D eigenvalue weighted by Gasteiger charge is 2.25. The predicted molar refractivity (Wildman–Crippen MR) is 101 cm³/mol. The highest BCUT2D eigenvalue weighted by Crippen LogP contribution is 2.44. The fourth-order valence-electron chi connectivity index (χ4n) is 3.85. The molecule has 2 aromatic rings. The van der Waals surface area contributed by atoms with E-state index < -0.39 is 6.67 Å². The maximum absolute atomic E-state index is 12.9. The molecule has 29 heavy (non-hydrogen) atoms. The lowest BCUT2D eigenvalue weighted by molar-refractivity contribution is -0.00000869. The first-order valence-corrected chi connectivity index (χ1v) is 9.45. The molecule has 0 amide bonds. The predicted octanol–water partition coefficient (Wildman–Crippen LogP) is -2.21. The molecule has 1 N–H and O–H groups in total. The Hall–Kier alpha value is -2.58. The molecule has 7 nitrogen and oxygen atoms in total. The largest absolute Gasteiger partial charge is 1.00 e. The standard InChI is InChI=1S/C20H21FN3O4.ClH/c21-1-2-23-4-7-26-19-9-13-17(11-15(19)23)28-18-12-16-20(10-14(18)22-13)27-8-5-24(16)3-6-25;/h9-12,25H,1-8H2;1H/q+1;/p-1. The first-order chi connectivity index (χ1) is 13.8. The molecule has 154 valence electrons. The molecule has 0 atom stereocenters. The van der Waals surface area contributed by atoms with E-state index in [-0.39, 0.29) is 19.0 Å². The molecule has 5 rings (SSSR count). The van der Waals surface area contributed by atoms with Gasteiger partial charge in [0.1, 0.15) is 43.3 Å². The van der Waals surface area contributed by atoms with Crippen molar-refractivity contribution in [3.05, 3.63) is 35.0 Å². The van der Waals surface area contributed by atoms with Crippen molar-refractivity contribution in [3.63, 3.8) is 0 Å². The third-order valence-electron chi connectivity index (χ3n) is 5.19. The Balaban J connectivity index is 0.00000205. The summed E-state index contributed by atoms with van der Waals surface area (Å²) in [4.78, 5) is 6.68. The summed E-state index contributed by atoms with van der Waals surface area (Å²) in [5, 5.41) is 10.9. The molecule has 3 heterocycles. The van der Waals surface area contributed by atoms with E-state index >= 15 is 0 Å². The molecule has 0 aromatic heterocycles. The molecule has 9 heteroatoms. The summed E-state index contributed by atoms with van der Waals surface area (Å²) in [6.45, 7) is 2.95. The van der Waals surface area contributed by atoms with Crippen LogP contribution in [-0.4, -0.2) is 57.8 Å². The van der Waals surface area contributed by atoms with Gasteiger partial charge in [0.05, 0.1) is 18.3 Å². The second-order valence-corrected chi connectivity index (χ2v) is 6.87. The van der Waals surface area contributed by atoms with Crippen molar-refractivity contribution in [1.29, 1.82) is 0 Å². The number of β-amino-alcohol motifs (C(OH)–C–C–N with tert-alkyl or cyclic N) is 1. The Labute approximate surface area is 173 Å². The van der Waals surface area contributed by atoms with Gasteiger partial charge in [0.15, 0.2) is 30.3 Å². The van der Waals surface area contributed by atoms with Gasteiger partial charge in [-0.1, -0.05) is 0 Å². The highest BCUT2D eigenvalue weighted by atomic mass is 35.5. The van der Waals surface area contributed by atoms with Crippen LogP contribution in [0, 0.1) is 0 Å². The molecule has 0 aliphatic carbocycles. The van der Waals surface area contributed by atoms with E-state index in [1.807, 2.05) is 29.2 Å². The Morgan fingerprint density at radius 1 is 1.07 bits per heavy atom. The van der Waals surface area contributed by atoms with Crippen molar-refractivity contribution in [2.45, 2.75) is 0 Å². The summed E-state index contributed by atoms with van der Waals surface area (Å²) in [5.74, 6) is 2.68. The highest BCUT2D eigenvalue weighted by molar-refractivity contribution is 5.72. The van der Waals surface area contributed by atoms with Gasteiger partial charge in [-0.25, -0.2) is 14.0 Å². The lowest BCUT2D eigenvalue weighted by Crippen LogP contribution is -3.00. The summed E-state index contributed by atoms with van der Waals surface area (Å²) < 4.78 is 32.7. The number of aliphatic hydroxyl groups is 1. The Morgan fingerprint density at radius 3 is 2.76 bits per heavy atom. The van der Waals surface area contributed by atoms with Crippen LogP contribution in [0.4, 0.5) is 15.8 Å². The van der Waals surface area contributed by atoms with E-state index in [0.717, 1.165) is 16.8 Å².